The van der Waals surface area contributed by atoms with Gasteiger partial charge in [0.15, 0.2) is 5.65 Å². The summed E-state index contributed by atoms with van der Waals surface area (Å²) < 4.78 is 15.0. The maximum absolute atomic E-state index is 12.4. The molecule has 1 saturated heterocycles. The van der Waals surface area contributed by atoms with Crippen LogP contribution in [0.1, 0.15) is 35.3 Å². The van der Waals surface area contributed by atoms with Gasteiger partial charge in [-0.15, -0.1) is 0 Å². The molecule has 0 radical (unpaired) electrons. The molecule has 1 aliphatic heterocycles. The summed E-state index contributed by atoms with van der Waals surface area (Å²) in [6, 6.07) is 1.92. The van der Waals surface area contributed by atoms with Crippen molar-refractivity contribution >= 4 is 11.6 Å². The van der Waals surface area contributed by atoms with Crippen LogP contribution in [0.2, 0.25) is 0 Å². The first kappa shape index (κ1) is 19.5. The second-order valence-electron chi connectivity index (χ2n) is 7.21. The second kappa shape index (κ2) is 8.30. The Morgan fingerprint density at radius 2 is 2.17 bits per heavy atom. The molecule has 3 aromatic rings. The van der Waals surface area contributed by atoms with Crippen LogP contribution in [0.3, 0.4) is 0 Å². The third kappa shape index (κ3) is 3.88. The number of fused-ring (bicyclic) bond motifs is 1. The van der Waals surface area contributed by atoms with E-state index in [-0.39, 0.29) is 12.0 Å². The van der Waals surface area contributed by atoms with Gasteiger partial charge in [0.1, 0.15) is 11.9 Å². The van der Waals surface area contributed by atoms with Gasteiger partial charge >= 0.3 is 0 Å². The van der Waals surface area contributed by atoms with Crippen LogP contribution < -0.4 is 0 Å². The fraction of sp³-hybridized carbons (Fsp3) is 0.500. The smallest absolute Gasteiger partial charge is 0.225 e. The fourth-order valence-electron chi connectivity index (χ4n) is 3.69. The molecule has 1 amide bonds. The summed E-state index contributed by atoms with van der Waals surface area (Å²) in [6.07, 6.45) is 5.66. The van der Waals surface area contributed by atoms with Crippen LogP contribution >= 0.6 is 0 Å². The highest BCUT2D eigenvalue weighted by Gasteiger charge is 2.28. The maximum Gasteiger partial charge on any atom is 0.225 e. The Labute approximate surface area is 169 Å². The van der Waals surface area contributed by atoms with Crippen LogP contribution in [-0.4, -0.2) is 68.4 Å². The maximum atomic E-state index is 12.4. The normalized spacial score (nSPS) is 17.2. The van der Waals surface area contributed by atoms with Gasteiger partial charge in [-0.05, 0) is 19.9 Å². The lowest BCUT2D eigenvalue weighted by Gasteiger charge is -2.33. The van der Waals surface area contributed by atoms with Gasteiger partial charge < -0.3 is 18.9 Å². The van der Waals surface area contributed by atoms with E-state index in [2.05, 4.69) is 14.5 Å². The number of imidazole rings is 1. The number of amides is 1. The highest BCUT2D eigenvalue weighted by molar-refractivity contribution is 5.76. The number of rotatable bonds is 6. The lowest BCUT2D eigenvalue weighted by atomic mass is 10.2. The summed E-state index contributed by atoms with van der Waals surface area (Å²) in [7, 11) is 1.60. The predicted molar refractivity (Wildman–Crippen MR) is 106 cm³/mol. The standard InChI is InChI=1S/C20H26N6O3/c1-14-16(12-24-8-7-21-15(24)2)20-22-6-4-17(26(20)23-14)18-13-25(9-11-29-18)19(27)5-10-28-3/h4,6-8,18H,5,9-13H2,1-3H3/t18-/m0/s1. The van der Waals surface area contributed by atoms with Gasteiger partial charge in [-0.3, -0.25) is 4.79 Å². The van der Waals surface area contributed by atoms with Gasteiger partial charge in [0.25, 0.3) is 0 Å². The Hall–Kier alpha value is -2.78. The molecule has 4 heterocycles. The molecular weight excluding hydrogens is 372 g/mol. The molecule has 0 aromatic carbocycles. The van der Waals surface area contributed by atoms with Crippen LogP contribution in [0.5, 0.6) is 0 Å². The number of nitrogens with zero attached hydrogens (tertiary/aromatic N) is 6. The van der Waals surface area contributed by atoms with Gasteiger partial charge in [0, 0.05) is 37.8 Å². The molecule has 0 saturated carbocycles. The quantitative estimate of drug-likeness (QED) is 0.626. The van der Waals surface area contributed by atoms with E-state index in [4.69, 9.17) is 14.6 Å². The number of morpholine rings is 1. The molecule has 1 fully saturated rings. The zero-order valence-corrected chi connectivity index (χ0v) is 17.0. The number of ether oxygens (including phenoxy) is 2. The van der Waals surface area contributed by atoms with E-state index >= 15 is 0 Å². The van der Waals surface area contributed by atoms with Gasteiger partial charge in [-0.2, -0.15) is 5.10 Å². The van der Waals surface area contributed by atoms with Crippen molar-refractivity contribution in [3.8, 4) is 0 Å². The molecule has 0 N–H and O–H groups in total. The summed E-state index contributed by atoms with van der Waals surface area (Å²) >= 11 is 0. The molecule has 0 bridgehead atoms. The third-order valence-electron chi connectivity index (χ3n) is 5.37. The number of hydrogen-bond donors (Lipinski definition) is 0. The summed E-state index contributed by atoms with van der Waals surface area (Å²) in [5, 5.41) is 4.73. The highest BCUT2D eigenvalue weighted by atomic mass is 16.5. The van der Waals surface area contributed by atoms with Crippen LogP contribution in [0.4, 0.5) is 0 Å². The lowest BCUT2D eigenvalue weighted by Crippen LogP contribution is -2.43. The number of carbonyl (C=O) groups is 1. The Balaban J connectivity index is 1.62. The Kier molecular flexibility index (Phi) is 5.59. The minimum Gasteiger partial charge on any atom is -0.384 e. The summed E-state index contributed by atoms with van der Waals surface area (Å²) in [5.41, 5.74) is 3.68. The summed E-state index contributed by atoms with van der Waals surface area (Å²) in [6.45, 7) is 6.63. The van der Waals surface area contributed by atoms with E-state index in [1.54, 1.807) is 19.5 Å². The lowest BCUT2D eigenvalue weighted by molar-refractivity contribution is -0.140. The zero-order chi connectivity index (χ0) is 20.4. The number of hydrogen-bond acceptors (Lipinski definition) is 6. The second-order valence-corrected chi connectivity index (χ2v) is 7.21. The molecule has 29 heavy (non-hydrogen) atoms. The molecule has 1 atom stereocenters. The van der Waals surface area contributed by atoms with E-state index in [1.165, 1.54) is 0 Å². The first-order valence-electron chi connectivity index (χ1n) is 9.77. The van der Waals surface area contributed by atoms with Gasteiger partial charge in [-0.25, -0.2) is 14.5 Å². The Bertz CT molecular complexity index is 1010. The van der Waals surface area contributed by atoms with E-state index in [1.807, 2.05) is 35.5 Å². The van der Waals surface area contributed by atoms with E-state index in [0.717, 1.165) is 28.4 Å². The molecule has 0 spiro atoms. The molecular formula is C20H26N6O3. The van der Waals surface area contributed by atoms with E-state index in [0.29, 0.717) is 39.3 Å². The number of methoxy groups -OCH3 is 1. The minimum absolute atomic E-state index is 0.0818. The molecule has 3 aromatic heterocycles. The van der Waals surface area contributed by atoms with Gasteiger partial charge in [-0.1, -0.05) is 0 Å². The van der Waals surface area contributed by atoms with Crippen molar-refractivity contribution in [2.75, 3.05) is 33.4 Å². The van der Waals surface area contributed by atoms with Crippen molar-refractivity contribution in [3.05, 3.63) is 47.4 Å². The molecule has 4 rings (SSSR count). The van der Waals surface area contributed by atoms with E-state index < -0.39 is 0 Å². The van der Waals surface area contributed by atoms with Crippen LogP contribution in [0.15, 0.2) is 24.7 Å². The molecule has 9 nitrogen and oxygen atoms in total. The van der Waals surface area contributed by atoms with Crippen LogP contribution in [-0.2, 0) is 20.8 Å². The topological polar surface area (TPSA) is 86.8 Å². The number of carbonyl (C=O) groups excluding carboxylic acids is 1. The van der Waals surface area contributed by atoms with Crippen molar-refractivity contribution in [3.63, 3.8) is 0 Å². The molecule has 0 aliphatic carbocycles. The van der Waals surface area contributed by atoms with Crippen LogP contribution in [0.25, 0.3) is 5.65 Å². The molecule has 9 heteroatoms. The largest absolute Gasteiger partial charge is 0.384 e. The zero-order valence-electron chi connectivity index (χ0n) is 17.0. The minimum atomic E-state index is -0.247. The van der Waals surface area contributed by atoms with Crippen molar-refractivity contribution < 1.29 is 14.3 Å². The first-order chi connectivity index (χ1) is 14.1. The van der Waals surface area contributed by atoms with Crippen LogP contribution in [0, 0.1) is 13.8 Å². The number of aromatic nitrogens is 5. The Morgan fingerprint density at radius 3 is 2.93 bits per heavy atom. The van der Waals surface area contributed by atoms with Gasteiger partial charge in [0.2, 0.25) is 5.91 Å². The highest BCUT2D eigenvalue weighted by Crippen LogP contribution is 2.25. The SMILES string of the molecule is COCCC(=O)N1CCO[C@H](c2ccnc3c(Cn4ccnc4C)c(C)nn23)C1. The van der Waals surface area contributed by atoms with Gasteiger partial charge in [0.05, 0.1) is 44.1 Å². The first-order valence-corrected chi connectivity index (χ1v) is 9.77. The molecule has 154 valence electrons. The number of aryl methyl sites for hydroxylation is 2. The fourth-order valence-corrected chi connectivity index (χ4v) is 3.69. The summed E-state index contributed by atoms with van der Waals surface area (Å²) in [4.78, 5) is 23.1. The van der Waals surface area contributed by atoms with Crippen molar-refractivity contribution in [2.24, 2.45) is 0 Å². The van der Waals surface area contributed by atoms with Crippen molar-refractivity contribution in [1.82, 2.24) is 29.0 Å². The average Bonchev–Trinajstić information content (AvgIpc) is 3.29. The average molecular weight is 398 g/mol. The predicted octanol–water partition coefficient (Wildman–Crippen LogP) is 1.53. The third-order valence-corrected chi connectivity index (χ3v) is 5.37. The van der Waals surface area contributed by atoms with Crippen molar-refractivity contribution in [1.29, 1.82) is 0 Å². The summed E-state index contributed by atoms with van der Waals surface area (Å²) in [5.74, 6) is 1.03. The molecule has 0 unspecified atom stereocenters. The monoisotopic (exact) mass is 398 g/mol. The Morgan fingerprint density at radius 1 is 1.31 bits per heavy atom. The van der Waals surface area contributed by atoms with E-state index in [9.17, 15) is 4.79 Å². The molecule has 1 aliphatic rings. The van der Waals surface area contributed by atoms with Crippen molar-refractivity contribution in [2.45, 2.75) is 32.9 Å².